The molecule has 10 aromatic carbocycles. The van der Waals surface area contributed by atoms with Crippen LogP contribution < -0.4 is 0 Å². The van der Waals surface area contributed by atoms with Crippen LogP contribution >= 0.6 is 0 Å². The smallest absolute Gasteiger partial charge is 0.135 e. The summed E-state index contributed by atoms with van der Waals surface area (Å²) in [6.45, 7) is 9.57. The Morgan fingerprint density at radius 1 is 0.357 bits per heavy atom. The van der Waals surface area contributed by atoms with Crippen LogP contribution in [0.3, 0.4) is 0 Å². The minimum atomic E-state index is -0.151. The van der Waals surface area contributed by atoms with Crippen molar-refractivity contribution in [1.29, 1.82) is 0 Å². The fraction of sp³-hybridized carbons (Fsp3) is 0.130. The lowest BCUT2D eigenvalue weighted by Crippen LogP contribution is -2.15. The first-order valence-corrected chi connectivity index (χ1v) is 25.0. The van der Waals surface area contributed by atoms with Gasteiger partial charge in [0.15, 0.2) is 0 Å². The molecule has 0 saturated heterocycles. The zero-order valence-electron chi connectivity index (χ0n) is 40.3. The van der Waals surface area contributed by atoms with E-state index < -0.39 is 0 Å². The molecule has 70 heavy (non-hydrogen) atoms. The Hall–Kier alpha value is -8.00. The molecular formula is C69H54O. The molecule has 1 aromatic heterocycles. The minimum absolute atomic E-state index is 0.0712. The number of para-hydroxylation sites is 1. The molecule has 1 atom stereocenters. The van der Waals surface area contributed by atoms with Gasteiger partial charge in [-0.15, -0.1) is 0 Å². The first-order chi connectivity index (χ1) is 34.2. The fourth-order valence-electron chi connectivity index (χ4n) is 12.3. The van der Waals surface area contributed by atoms with Crippen molar-refractivity contribution in [3.05, 3.63) is 263 Å². The molecule has 0 fully saturated rings. The molecule has 1 nitrogen and oxygen atoms in total. The first kappa shape index (κ1) is 42.1. The maximum Gasteiger partial charge on any atom is 0.135 e. The van der Waals surface area contributed by atoms with Crippen molar-refractivity contribution in [2.45, 2.75) is 57.3 Å². The van der Waals surface area contributed by atoms with Crippen molar-refractivity contribution >= 4 is 21.9 Å². The molecular weight excluding hydrogens is 845 g/mol. The molecule has 1 heterocycles. The average molecular weight is 899 g/mol. The Balaban J connectivity index is 0.869. The molecule has 11 aromatic rings. The monoisotopic (exact) mass is 898 g/mol. The minimum Gasteiger partial charge on any atom is -0.456 e. The lowest BCUT2D eigenvalue weighted by molar-refractivity contribution is 0.657. The number of rotatable bonds is 9. The van der Waals surface area contributed by atoms with Gasteiger partial charge in [-0.25, -0.2) is 0 Å². The van der Waals surface area contributed by atoms with Crippen LogP contribution in [-0.2, 0) is 17.3 Å². The molecule has 1 heteroatoms. The van der Waals surface area contributed by atoms with Crippen molar-refractivity contribution in [2.75, 3.05) is 0 Å². The van der Waals surface area contributed by atoms with E-state index in [1.165, 1.54) is 106 Å². The van der Waals surface area contributed by atoms with Crippen molar-refractivity contribution < 1.29 is 4.42 Å². The van der Waals surface area contributed by atoms with Gasteiger partial charge in [-0.3, -0.25) is 0 Å². The predicted octanol–water partition coefficient (Wildman–Crippen LogP) is 18.6. The van der Waals surface area contributed by atoms with Crippen LogP contribution in [0.25, 0.3) is 88.7 Å². The third-order valence-electron chi connectivity index (χ3n) is 16.0. The summed E-state index contributed by atoms with van der Waals surface area (Å²) in [6, 6.07) is 83.7. The van der Waals surface area contributed by atoms with Crippen LogP contribution in [0.2, 0.25) is 0 Å². The summed E-state index contributed by atoms with van der Waals surface area (Å²) in [7, 11) is 0. The summed E-state index contributed by atoms with van der Waals surface area (Å²) < 4.78 is 6.19. The Morgan fingerprint density at radius 3 is 1.77 bits per heavy atom. The van der Waals surface area contributed by atoms with Crippen LogP contribution in [0.15, 0.2) is 229 Å². The topological polar surface area (TPSA) is 13.1 Å². The van der Waals surface area contributed by atoms with E-state index in [9.17, 15) is 0 Å². The highest BCUT2D eigenvalue weighted by atomic mass is 16.3. The summed E-state index contributed by atoms with van der Waals surface area (Å²) in [5.74, 6) is 0.186. The molecule has 336 valence electrons. The second kappa shape index (κ2) is 16.3. The molecule has 13 rings (SSSR count). The van der Waals surface area contributed by atoms with E-state index in [-0.39, 0.29) is 16.7 Å². The second-order valence-corrected chi connectivity index (χ2v) is 20.7. The highest BCUT2D eigenvalue weighted by Crippen LogP contribution is 2.55. The Bertz CT molecular complexity index is 3810. The number of benzene rings is 10. The van der Waals surface area contributed by atoms with Gasteiger partial charge in [0, 0.05) is 27.5 Å². The Morgan fingerprint density at radius 2 is 0.943 bits per heavy atom. The first-order valence-electron chi connectivity index (χ1n) is 25.0. The maximum absolute atomic E-state index is 6.19. The zero-order chi connectivity index (χ0) is 47.1. The van der Waals surface area contributed by atoms with E-state index in [1.54, 1.807) is 0 Å². The Labute approximate surface area is 411 Å². The largest absolute Gasteiger partial charge is 0.456 e. The van der Waals surface area contributed by atoms with Gasteiger partial charge in [0.05, 0.1) is 0 Å². The SMILES string of the molecule is CC1(C)c2ccc(-c3cccc(CCC(c4ccc(-c5ccc6oc7ccccc7c6c5)cc4)c4cccc5c4-c4ccccc4C5(C)C)c3)cc2-c2c(-c3ccccc3)cc(-c3ccccc3)cc21. The van der Waals surface area contributed by atoms with Crippen LogP contribution in [-0.4, -0.2) is 0 Å². The predicted molar refractivity (Wildman–Crippen MR) is 294 cm³/mol. The van der Waals surface area contributed by atoms with Gasteiger partial charge in [0.25, 0.3) is 0 Å². The number of hydrogen-bond donors (Lipinski definition) is 0. The van der Waals surface area contributed by atoms with Gasteiger partial charge in [-0.05, 0) is 155 Å². The van der Waals surface area contributed by atoms with Gasteiger partial charge in [-0.2, -0.15) is 0 Å². The summed E-state index contributed by atoms with van der Waals surface area (Å²) in [5.41, 5.74) is 26.8. The highest BCUT2D eigenvalue weighted by molar-refractivity contribution is 6.06. The van der Waals surface area contributed by atoms with E-state index in [2.05, 4.69) is 246 Å². The number of aryl methyl sites for hydroxylation is 1. The zero-order valence-corrected chi connectivity index (χ0v) is 40.3. The van der Waals surface area contributed by atoms with Gasteiger partial charge in [0.1, 0.15) is 11.2 Å². The van der Waals surface area contributed by atoms with E-state index in [4.69, 9.17) is 4.42 Å². The summed E-state index contributed by atoms with van der Waals surface area (Å²) in [6.07, 6.45) is 1.92. The maximum atomic E-state index is 6.19. The van der Waals surface area contributed by atoms with Crippen LogP contribution in [0, 0.1) is 0 Å². The highest BCUT2D eigenvalue weighted by Gasteiger charge is 2.39. The van der Waals surface area contributed by atoms with Crippen molar-refractivity contribution in [3.8, 4) is 66.8 Å². The fourth-order valence-corrected chi connectivity index (χ4v) is 12.3. The van der Waals surface area contributed by atoms with Crippen molar-refractivity contribution in [1.82, 2.24) is 0 Å². The molecule has 0 N–H and O–H groups in total. The third kappa shape index (κ3) is 6.82. The molecule has 0 aliphatic heterocycles. The lowest BCUT2D eigenvalue weighted by Gasteiger charge is -2.24. The summed E-state index contributed by atoms with van der Waals surface area (Å²) in [5, 5.41) is 2.31. The van der Waals surface area contributed by atoms with Gasteiger partial charge in [-0.1, -0.05) is 216 Å². The number of hydrogen-bond acceptors (Lipinski definition) is 1. The van der Waals surface area contributed by atoms with Gasteiger partial charge < -0.3 is 4.42 Å². The molecule has 2 aliphatic rings. The van der Waals surface area contributed by atoms with E-state index in [0.29, 0.717) is 0 Å². The summed E-state index contributed by atoms with van der Waals surface area (Å²) >= 11 is 0. The molecule has 0 spiro atoms. The molecule has 0 saturated carbocycles. The van der Waals surface area contributed by atoms with E-state index in [0.717, 1.165) is 34.8 Å². The molecule has 2 aliphatic carbocycles. The lowest BCUT2D eigenvalue weighted by atomic mass is 9.79. The summed E-state index contributed by atoms with van der Waals surface area (Å²) in [4.78, 5) is 0. The Kier molecular flexibility index (Phi) is 9.82. The van der Waals surface area contributed by atoms with E-state index in [1.807, 2.05) is 6.07 Å². The van der Waals surface area contributed by atoms with Gasteiger partial charge >= 0.3 is 0 Å². The second-order valence-electron chi connectivity index (χ2n) is 20.7. The average Bonchev–Trinajstić information content (AvgIpc) is 3.98. The van der Waals surface area contributed by atoms with Crippen LogP contribution in [0.1, 0.15) is 79.0 Å². The number of fused-ring (bicyclic) bond motifs is 9. The molecule has 1 unspecified atom stereocenters. The number of furan rings is 1. The standard InChI is InChI=1S/C69H54O/c1-68(2)60-26-13-11-24-56(60)66-55(25-16-27-62(66)68)53(48-32-30-46(31-33-48)50-35-38-65-58(40-50)54-23-12-14-28-64(54)70-65)36-29-44-17-15-22-49(39-44)51-34-37-61-59(41-51)67-57(47-20-9-6-10-21-47)42-52(43-63(67)69(61,3)4)45-18-7-5-8-19-45/h5-28,30-35,37-43,53H,29,36H2,1-4H3. The quantitative estimate of drug-likeness (QED) is 0.141. The van der Waals surface area contributed by atoms with Crippen molar-refractivity contribution in [3.63, 3.8) is 0 Å². The van der Waals surface area contributed by atoms with Gasteiger partial charge in [0.2, 0.25) is 0 Å². The van der Waals surface area contributed by atoms with Crippen LogP contribution in [0.5, 0.6) is 0 Å². The third-order valence-corrected chi connectivity index (χ3v) is 16.0. The normalized spacial score (nSPS) is 14.3. The molecule has 0 amide bonds. The molecule has 0 radical (unpaired) electrons. The molecule has 0 bridgehead atoms. The van der Waals surface area contributed by atoms with Crippen LogP contribution in [0.4, 0.5) is 0 Å². The van der Waals surface area contributed by atoms with E-state index >= 15 is 0 Å². The van der Waals surface area contributed by atoms with Crippen molar-refractivity contribution in [2.24, 2.45) is 0 Å².